The van der Waals surface area contributed by atoms with Crippen LogP contribution >= 0.6 is 0 Å². The summed E-state index contributed by atoms with van der Waals surface area (Å²) in [5, 5.41) is 1.75. The molecule has 1 aliphatic heterocycles. The second-order valence-electron chi connectivity index (χ2n) is 1.67. The molecule has 3 heteroatoms. The topological polar surface area (TPSA) is 26.6 Å². The zero-order valence-electron chi connectivity index (χ0n) is 5.09. The largest absolute Gasteiger partial charge is 0.498 e. The van der Waals surface area contributed by atoms with Gasteiger partial charge < -0.3 is 4.74 Å². The van der Waals surface area contributed by atoms with Gasteiger partial charge in [0.25, 0.3) is 0 Å². The van der Waals surface area contributed by atoms with E-state index in [1.54, 1.807) is 12.1 Å². The third-order valence-corrected chi connectivity index (χ3v) is 1.04. The minimum absolute atomic E-state index is 0.688. The fourth-order valence-electron chi connectivity index (χ4n) is 0.589. The number of hydrogen-bond acceptors (Lipinski definition) is 2. The first-order valence-corrected chi connectivity index (χ1v) is 2.48. The molecule has 0 aliphatic carbocycles. The monoisotopic (exact) mass is 113 g/mol. The summed E-state index contributed by atoms with van der Waals surface area (Å²) in [6, 6.07) is 0. The lowest BCUT2D eigenvalue weighted by Crippen LogP contribution is -2.15. The summed E-state index contributed by atoms with van der Waals surface area (Å²) in [6.07, 6.45) is 1.86. The molecule has 1 radical (unpaired) electrons. The Morgan fingerprint density at radius 2 is 2.62 bits per heavy atom. The van der Waals surface area contributed by atoms with Crippen LogP contribution in [0.3, 0.4) is 0 Å². The minimum Gasteiger partial charge on any atom is -0.498 e. The molecule has 45 valence electrons. The number of ether oxygens (including phenoxy) is 1. The van der Waals surface area contributed by atoms with E-state index in [0.717, 1.165) is 5.76 Å². The zero-order chi connectivity index (χ0) is 5.98. The standard InChI is InChI=1S/C5H9N2O/c1-7-4-5(8-2)3-6-7/h4H,3H2,1-2H3. The van der Waals surface area contributed by atoms with Gasteiger partial charge in [-0.05, 0) is 0 Å². The third kappa shape index (κ3) is 0.924. The normalized spacial score (nSPS) is 18.8. The molecule has 0 saturated carbocycles. The van der Waals surface area contributed by atoms with Crippen molar-refractivity contribution in [1.29, 1.82) is 0 Å². The van der Waals surface area contributed by atoms with Crippen LogP contribution in [0.2, 0.25) is 0 Å². The lowest BCUT2D eigenvalue weighted by Gasteiger charge is -2.00. The van der Waals surface area contributed by atoms with Crippen LogP contribution in [0.15, 0.2) is 12.0 Å². The summed E-state index contributed by atoms with van der Waals surface area (Å²) in [5.74, 6) is 0.924. The van der Waals surface area contributed by atoms with E-state index >= 15 is 0 Å². The zero-order valence-corrected chi connectivity index (χ0v) is 5.09. The first-order valence-electron chi connectivity index (χ1n) is 2.48. The SMILES string of the molecule is COC1=CN(C)[N]C1. The molecule has 0 bridgehead atoms. The molecular formula is C5H9N2O. The number of hydrogen-bond donors (Lipinski definition) is 0. The Hall–Kier alpha value is -0.700. The van der Waals surface area contributed by atoms with Gasteiger partial charge in [0.1, 0.15) is 5.76 Å². The predicted molar refractivity (Wildman–Crippen MR) is 29.9 cm³/mol. The highest BCUT2D eigenvalue weighted by Crippen LogP contribution is 2.02. The summed E-state index contributed by atoms with van der Waals surface area (Å²) in [6.45, 7) is 0.688. The maximum Gasteiger partial charge on any atom is 0.130 e. The second kappa shape index (κ2) is 2.05. The van der Waals surface area contributed by atoms with Crippen LogP contribution in [0.5, 0.6) is 0 Å². The summed E-state index contributed by atoms with van der Waals surface area (Å²) in [4.78, 5) is 0. The van der Waals surface area contributed by atoms with Crippen LogP contribution in [0, 0.1) is 0 Å². The van der Waals surface area contributed by atoms with E-state index in [1.165, 1.54) is 0 Å². The van der Waals surface area contributed by atoms with Crippen LogP contribution in [-0.4, -0.2) is 25.7 Å². The van der Waals surface area contributed by atoms with Gasteiger partial charge in [-0.15, -0.1) is 5.43 Å². The molecule has 0 aromatic carbocycles. The molecule has 0 aromatic rings. The van der Waals surface area contributed by atoms with Gasteiger partial charge in [0.2, 0.25) is 0 Å². The van der Waals surface area contributed by atoms with Crippen molar-refractivity contribution in [2.45, 2.75) is 0 Å². The van der Waals surface area contributed by atoms with Gasteiger partial charge in [-0.25, -0.2) is 0 Å². The average Bonchev–Trinajstić information content (AvgIpc) is 2.14. The van der Waals surface area contributed by atoms with Crippen molar-refractivity contribution < 1.29 is 4.74 Å². The first kappa shape index (κ1) is 5.44. The van der Waals surface area contributed by atoms with Crippen LogP contribution in [0.1, 0.15) is 0 Å². The van der Waals surface area contributed by atoms with Crippen molar-refractivity contribution in [2.75, 3.05) is 20.7 Å². The van der Waals surface area contributed by atoms with Crippen LogP contribution in [0.4, 0.5) is 0 Å². The van der Waals surface area contributed by atoms with E-state index in [4.69, 9.17) is 4.74 Å². The highest BCUT2D eigenvalue weighted by Gasteiger charge is 2.07. The second-order valence-corrected chi connectivity index (χ2v) is 1.67. The van der Waals surface area contributed by atoms with Crippen LogP contribution < -0.4 is 5.43 Å². The summed E-state index contributed by atoms with van der Waals surface area (Å²) < 4.78 is 4.91. The molecular weight excluding hydrogens is 104 g/mol. The van der Waals surface area contributed by atoms with E-state index in [-0.39, 0.29) is 0 Å². The van der Waals surface area contributed by atoms with Gasteiger partial charge in [0.15, 0.2) is 0 Å². The third-order valence-electron chi connectivity index (χ3n) is 1.04. The van der Waals surface area contributed by atoms with Crippen LogP contribution in [-0.2, 0) is 4.74 Å². The fourth-order valence-corrected chi connectivity index (χ4v) is 0.589. The molecule has 3 nitrogen and oxygen atoms in total. The van der Waals surface area contributed by atoms with Gasteiger partial charge in [-0.1, -0.05) is 0 Å². The maximum absolute atomic E-state index is 4.91. The van der Waals surface area contributed by atoms with Crippen molar-refractivity contribution in [3.63, 3.8) is 0 Å². The Morgan fingerprint density at radius 1 is 1.88 bits per heavy atom. The molecule has 0 unspecified atom stereocenters. The lowest BCUT2D eigenvalue weighted by molar-refractivity contribution is 0.285. The van der Waals surface area contributed by atoms with E-state index in [0.29, 0.717) is 6.54 Å². The smallest absolute Gasteiger partial charge is 0.130 e. The number of methoxy groups -OCH3 is 1. The molecule has 1 heterocycles. The maximum atomic E-state index is 4.91. The Balaban J connectivity index is 2.44. The van der Waals surface area contributed by atoms with E-state index < -0.39 is 0 Å². The summed E-state index contributed by atoms with van der Waals surface area (Å²) in [7, 11) is 3.53. The number of nitrogens with zero attached hydrogens (tertiary/aromatic N) is 2. The molecule has 0 saturated heterocycles. The fraction of sp³-hybridized carbons (Fsp3) is 0.600. The van der Waals surface area contributed by atoms with E-state index in [9.17, 15) is 0 Å². The summed E-state index contributed by atoms with van der Waals surface area (Å²) >= 11 is 0. The van der Waals surface area contributed by atoms with Gasteiger partial charge in [-0.3, -0.25) is 5.01 Å². The average molecular weight is 113 g/mol. The molecule has 0 spiro atoms. The van der Waals surface area contributed by atoms with Crippen molar-refractivity contribution >= 4 is 0 Å². The Labute approximate surface area is 48.9 Å². The van der Waals surface area contributed by atoms with E-state index in [2.05, 4.69) is 5.43 Å². The quantitative estimate of drug-likeness (QED) is 0.476. The molecule has 8 heavy (non-hydrogen) atoms. The van der Waals surface area contributed by atoms with Crippen molar-refractivity contribution in [2.24, 2.45) is 0 Å². The van der Waals surface area contributed by atoms with E-state index in [1.807, 2.05) is 13.2 Å². The van der Waals surface area contributed by atoms with Gasteiger partial charge in [-0.2, -0.15) is 0 Å². The van der Waals surface area contributed by atoms with Crippen molar-refractivity contribution in [3.05, 3.63) is 12.0 Å². The molecule has 0 fully saturated rings. The first-order chi connectivity index (χ1) is 3.83. The molecule has 0 amide bonds. The van der Waals surface area contributed by atoms with Crippen molar-refractivity contribution in [3.8, 4) is 0 Å². The van der Waals surface area contributed by atoms with Crippen molar-refractivity contribution in [1.82, 2.24) is 10.4 Å². The minimum atomic E-state index is 0.688. The highest BCUT2D eigenvalue weighted by molar-refractivity contribution is 4.97. The molecule has 0 aromatic heterocycles. The van der Waals surface area contributed by atoms with Gasteiger partial charge in [0, 0.05) is 7.05 Å². The molecule has 1 aliphatic rings. The lowest BCUT2D eigenvalue weighted by atomic mass is 10.6. The highest BCUT2D eigenvalue weighted by atomic mass is 16.5. The van der Waals surface area contributed by atoms with Crippen LogP contribution in [0.25, 0.3) is 0 Å². The molecule has 0 N–H and O–H groups in total. The predicted octanol–water partition coefficient (Wildman–Crippen LogP) is -0.0610. The van der Waals surface area contributed by atoms with Gasteiger partial charge in [0.05, 0.1) is 19.9 Å². The van der Waals surface area contributed by atoms with Gasteiger partial charge >= 0.3 is 0 Å². The molecule has 0 atom stereocenters. The Kier molecular flexibility index (Phi) is 1.39. The Morgan fingerprint density at radius 3 is 2.88 bits per heavy atom. The Bertz CT molecular complexity index is 111. The summed E-state index contributed by atoms with van der Waals surface area (Å²) in [5.41, 5.74) is 4.00. The molecule has 1 rings (SSSR count). The number of rotatable bonds is 1.